The number of carbonyl (C=O) groups is 1. The summed E-state index contributed by atoms with van der Waals surface area (Å²) in [6, 6.07) is -1.25. The molecule has 0 saturated heterocycles. The van der Waals surface area contributed by atoms with Gasteiger partial charge in [-0.25, -0.2) is 0 Å². The summed E-state index contributed by atoms with van der Waals surface area (Å²) in [4.78, 5) is 12.6. The van der Waals surface area contributed by atoms with E-state index in [1.54, 1.807) is 6.08 Å². The van der Waals surface area contributed by atoms with Crippen molar-refractivity contribution in [2.45, 2.75) is 250 Å². The molecule has 4 N–H and O–H groups in total. The largest absolute Gasteiger partial charge is 0.387 e. The van der Waals surface area contributed by atoms with Crippen molar-refractivity contribution in [1.29, 1.82) is 0 Å². The molecule has 1 amide bonds. The lowest BCUT2D eigenvalue weighted by Crippen LogP contribution is -2.50. The van der Waals surface area contributed by atoms with Crippen molar-refractivity contribution in [3.8, 4) is 0 Å². The molecule has 0 bridgehead atoms. The van der Waals surface area contributed by atoms with Crippen LogP contribution < -0.4 is 5.32 Å². The topological polar surface area (TPSA) is 124 Å². The Bertz CT molecular complexity index is 1030. The molecule has 8 heteroatoms. The van der Waals surface area contributed by atoms with Gasteiger partial charge in [-0.2, -0.15) is 8.42 Å². The molecule has 0 fully saturated rings. The van der Waals surface area contributed by atoms with Crippen LogP contribution in [0.3, 0.4) is 0 Å². The molecule has 0 spiro atoms. The van der Waals surface area contributed by atoms with Crippen LogP contribution in [-0.4, -0.2) is 53.1 Å². The molecule has 0 saturated carbocycles. The molecule has 0 aliphatic carbocycles. The summed E-state index contributed by atoms with van der Waals surface area (Å²) in [5.41, 5.74) is 0. The molecule has 55 heavy (non-hydrogen) atoms. The van der Waals surface area contributed by atoms with Crippen molar-refractivity contribution in [1.82, 2.24) is 5.32 Å². The Labute approximate surface area is 340 Å². The van der Waals surface area contributed by atoms with Crippen LogP contribution in [0.15, 0.2) is 36.5 Å². The molecule has 7 nitrogen and oxygen atoms in total. The first kappa shape index (κ1) is 53.5. The van der Waals surface area contributed by atoms with Crippen LogP contribution in [0.1, 0.15) is 232 Å². The minimum atomic E-state index is -4.46. The first-order valence-electron chi connectivity index (χ1n) is 23.3. The third-order valence-corrected chi connectivity index (χ3v) is 11.4. The van der Waals surface area contributed by atoms with E-state index in [1.165, 1.54) is 160 Å². The number of allylic oxidation sites excluding steroid dienone is 5. The first-order chi connectivity index (χ1) is 26.7. The van der Waals surface area contributed by atoms with Gasteiger partial charge in [0.1, 0.15) is 6.10 Å². The zero-order chi connectivity index (χ0) is 40.5. The maximum atomic E-state index is 12.6. The fraction of sp³-hybridized carbons (Fsp3) is 0.851. The lowest BCUT2D eigenvalue weighted by Gasteiger charge is -2.22. The molecule has 0 aromatic heterocycles. The number of amides is 1. The van der Waals surface area contributed by atoms with Gasteiger partial charge >= 0.3 is 0 Å². The van der Waals surface area contributed by atoms with Crippen molar-refractivity contribution in [2.24, 2.45) is 0 Å². The predicted octanol–water partition coefficient (Wildman–Crippen LogP) is 13.1. The highest BCUT2D eigenvalue weighted by atomic mass is 32.2. The third kappa shape index (κ3) is 40.5. The minimum absolute atomic E-state index is 0.260. The van der Waals surface area contributed by atoms with Crippen molar-refractivity contribution in [3.05, 3.63) is 36.5 Å². The molecule has 3 atom stereocenters. The maximum absolute atomic E-state index is 12.6. The minimum Gasteiger partial charge on any atom is -0.387 e. The second-order valence-corrected chi connectivity index (χ2v) is 17.7. The first-order valence-corrected chi connectivity index (χ1v) is 24.9. The van der Waals surface area contributed by atoms with Crippen LogP contribution in [0.4, 0.5) is 0 Å². The van der Waals surface area contributed by atoms with Crippen LogP contribution in [0, 0.1) is 0 Å². The number of aliphatic hydroxyl groups excluding tert-OH is 2. The van der Waals surface area contributed by atoms with Crippen molar-refractivity contribution >= 4 is 16.0 Å². The van der Waals surface area contributed by atoms with Gasteiger partial charge in [0.15, 0.2) is 0 Å². The summed E-state index contributed by atoms with van der Waals surface area (Å²) >= 11 is 0. The van der Waals surface area contributed by atoms with E-state index < -0.39 is 40.0 Å². The Morgan fingerprint density at radius 2 is 0.818 bits per heavy atom. The van der Waals surface area contributed by atoms with E-state index in [-0.39, 0.29) is 6.42 Å². The molecular formula is C47H89NO6S. The number of carbonyl (C=O) groups excluding carboxylic acids is 1. The van der Waals surface area contributed by atoms with E-state index in [0.717, 1.165) is 44.9 Å². The molecule has 0 heterocycles. The SMILES string of the molecule is CCCCCCCCCCC/C=C\CCCCCCC(O)C(=O)NC(CS(=O)(=O)O)C(O)/C=C/CC/C=C/CCCCCCCCCCCCCCCCC. The summed E-state index contributed by atoms with van der Waals surface area (Å²) in [7, 11) is -4.46. The summed E-state index contributed by atoms with van der Waals surface area (Å²) < 4.78 is 32.6. The molecule has 0 aliphatic rings. The molecule has 324 valence electrons. The fourth-order valence-electron chi connectivity index (χ4n) is 7.06. The number of rotatable bonds is 42. The van der Waals surface area contributed by atoms with E-state index in [2.05, 4.69) is 43.5 Å². The number of hydrogen-bond donors (Lipinski definition) is 4. The predicted molar refractivity (Wildman–Crippen MR) is 236 cm³/mol. The van der Waals surface area contributed by atoms with Gasteiger partial charge in [-0.15, -0.1) is 0 Å². The van der Waals surface area contributed by atoms with Crippen LogP contribution in [0.25, 0.3) is 0 Å². The van der Waals surface area contributed by atoms with Gasteiger partial charge < -0.3 is 15.5 Å². The van der Waals surface area contributed by atoms with E-state index in [9.17, 15) is 28.0 Å². The molecule has 0 radical (unpaired) electrons. The van der Waals surface area contributed by atoms with Crippen molar-refractivity contribution < 1.29 is 28.0 Å². The van der Waals surface area contributed by atoms with E-state index in [1.807, 2.05) is 0 Å². The number of unbranched alkanes of at least 4 members (excludes halogenated alkanes) is 29. The van der Waals surface area contributed by atoms with Crippen molar-refractivity contribution in [2.75, 3.05) is 5.75 Å². The summed E-state index contributed by atoms with van der Waals surface area (Å²) in [5, 5.41) is 23.4. The van der Waals surface area contributed by atoms with Gasteiger partial charge in [-0.3, -0.25) is 9.35 Å². The Hall–Kier alpha value is -1.48. The lowest BCUT2D eigenvalue weighted by atomic mass is 10.0. The average molecular weight is 796 g/mol. The number of nitrogens with one attached hydrogen (secondary N) is 1. The Morgan fingerprint density at radius 3 is 1.20 bits per heavy atom. The average Bonchev–Trinajstić information content (AvgIpc) is 3.15. The number of aliphatic hydroxyl groups is 2. The Morgan fingerprint density at radius 1 is 0.491 bits per heavy atom. The normalized spacial score (nSPS) is 14.1. The summed E-state index contributed by atoms with van der Waals surface area (Å²) in [6.07, 6.45) is 50.7. The van der Waals surface area contributed by atoms with Crippen LogP contribution >= 0.6 is 0 Å². The highest BCUT2D eigenvalue weighted by Crippen LogP contribution is 2.15. The van der Waals surface area contributed by atoms with Crippen LogP contribution in [0.2, 0.25) is 0 Å². The molecular weight excluding hydrogens is 707 g/mol. The van der Waals surface area contributed by atoms with Crippen LogP contribution in [-0.2, 0) is 14.9 Å². The lowest BCUT2D eigenvalue weighted by molar-refractivity contribution is -0.130. The van der Waals surface area contributed by atoms with Gasteiger partial charge in [0.25, 0.3) is 10.1 Å². The van der Waals surface area contributed by atoms with Gasteiger partial charge in [0.2, 0.25) is 5.91 Å². The Balaban J connectivity index is 4.02. The molecule has 0 aliphatic heterocycles. The summed E-state index contributed by atoms with van der Waals surface area (Å²) in [5.74, 6) is -1.56. The standard InChI is InChI=1S/C47H89NO6S/c1-3-5-7-9-11-13-15-17-19-21-22-23-24-26-27-29-31-33-35-37-39-41-45(49)44(43-55(52,53)54)48-47(51)46(50)42-40-38-36-34-32-30-28-25-20-18-16-14-12-10-8-6-4-2/h28,30-31,33,39,41,44-46,49-50H,3-27,29,32,34-38,40,42-43H2,1-2H3,(H,48,51)(H,52,53,54)/b30-28-,33-31+,41-39+. The zero-order valence-corrected chi connectivity index (χ0v) is 36.7. The van der Waals surface area contributed by atoms with E-state index in [4.69, 9.17) is 0 Å². The van der Waals surface area contributed by atoms with E-state index >= 15 is 0 Å². The monoisotopic (exact) mass is 796 g/mol. The quantitative estimate of drug-likeness (QED) is 0.0277. The summed E-state index contributed by atoms with van der Waals surface area (Å²) in [6.45, 7) is 4.53. The highest BCUT2D eigenvalue weighted by molar-refractivity contribution is 7.85. The highest BCUT2D eigenvalue weighted by Gasteiger charge is 2.27. The fourth-order valence-corrected chi connectivity index (χ4v) is 7.79. The van der Waals surface area contributed by atoms with E-state index in [0.29, 0.717) is 12.8 Å². The maximum Gasteiger partial charge on any atom is 0.267 e. The van der Waals surface area contributed by atoms with Gasteiger partial charge in [-0.05, 0) is 57.8 Å². The third-order valence-electron chi connectivity index (χ3n) is 10.6. The second kappa shape index (κ2) is 40.7. The molecule has 3 unspecified atom stereocenters. The molecule has 0 aromatic carbocycles. The molecule has 0 rings (SSSR count). The second-order valence-electron chi connectivity index (χ2n) is 16.2. The van der Waals surface area contributed by atoms with Gasteiger partial charge in [0.05, 0.1) is 17.9 Å². The van der Waals surface area contributed by atoms with Crippen LogP contribution in [0.5, 0.6) is 0 Å². The molecule has 0 aromatic rings. The zero-order valence-electron chi connectivity index (χ0n) is 35.9. The van der Waals surface area contributed by atoms with Crippen molar-refractivity contribution in [3.63, 3.8) is 0 Å². The Kier molecular flexibility index (Phi) is 39.6. The number of hydrogen-bond acceptors (Lipinski definition) is 5. The van der Waals surface area contributed by atoms with Gasteiger partial charge in [-0.1, -0.05) is 211 Å². The van der Waals surface area contributed by atoms with Gasteiger partial charge in [0, 0.05) is 0 Å². The smallest absolute Gasteiger partial charge is 0.267 e.